The highest BCUT2D eigenvalue weighted by Gasteiger charge is 2.33. The zero-order chi connectivity index (χ0) is 18.7. The predicted octanol–water partition coefficient (Wildman–Crippen LogP) is 2.38. The van der Waals surface area contributed by atoms with Crippen LogP contribution in [0.4, 0.5) is 13.2 Å². The first kappa shape index (κ1) is 18.9. The number of hydrogen-bond acceptors (Lipinski definition) is 3. The number of amides is 1. The second-order valence-corrected chi connectivity index (χ2v) is 7.19. The first-order valence-electron chi connectivity index (χ1n) is 7.10. The van der Waals surface area contributed by atoms with E-state index in [0.717, 1.165) is 22.5 Å². The van der Waals surface area contributed by atoms with Crippen LogP contribution >= 0.6 is 0 Å². The van der Waals surface area contributed by atoms with Gasteiger partial charge in [0.25, 0.3) is 0 Å². The molecule has 2 aromatic rings. The molecule has 25 heavy (non-hydrogen) atoms. The van der Waals surface area contributed by atoms with E-state index in [-0.39, 0.29) is 6.54 Å². The molecule has 2 aromatic carbocycles. The maximum atomic E-state index is 12.8. The molecule has 0 bridgehead atoms. The van der Waals surface area contributed by atoms with Gasteiger partial charge < -0.3 is 5.73 Å². The van der Waals surface area contributed by atoms with E-state index >= 15 is 0 Å². The Bertz CT molecular complexity index is 852. The molecule has 0 saturated heterocycles. The first-order chi connectivity index (χ1) is 11.6. The fourth-order valence-electron chi connectivity index (χ4n) is 2.17. The van der Waals surface area contributed by atoms with Gasteiger partial charge >= 0.3 is 6.18 Å². The minimum Gasteiger partial charge on any atom is -0.369 e. The molecule has 134 valence electrons. The Morgan fingerprint density at radius 2 is 1.68 bits per heavy atom. The van der Waals surface area contributed by atoms with E-state index in [9.17, 15) is 26.4 Å². The number of alkyl halides is 3. The second kappa shape index (κ2) is 7.24. The van der Waals surface area contributed by atoms with Crippen LogP contribution in [-0.4, -0.2) is 25.2 Å². The van der Waals surface area contributed by atoms with Crippen LogP contribution in [0, 0.1) is 0 Å². The van der Waals surface area contributed by atoms with E-state index in [4.69, 9.17) is 5.73 Å². The molecule has 9 heteroatoms. The predicted molar refractivity (Wildman–Crippen MR) is 84.7 cm³/mol. The molecule has 0 saturated carbocycles. The van der Waals surface area contributed by atoms with Crippen molar-refractivity contribution in [2.45, 2.75) is 17.6 Å². The fourth-order valence-corrected chi connectivity index (χ4v) is 3.61. The molecular weight excluding hydrogens is 357 g/mol. The van der Waals surface area contributed by atoms with Crippen molar-refractivity contribution in [2.24, 2.45) is 5.73 Å². The molecule has 2 rings (SSSR count). The Balaban J connectivity index is 2.43. The molecule has 0 radical (unpaired) electrons. The number of sulfonamides is 1. The summed E-state index contributed by atoms with van der Waals surface area (Å²) in [7, 11) is -4.34. The molecule has 0 aliphatic carbocycles. The van der Waals surface area contributed by atoms with Crippen molar-refractivity contribution in [3.8, 4) is 0 Å². The summed E-state index contributed by atoms with van der Waals surface area (Å²) in [6.45, 7) is -0.837. The van der Waals surface area contributed by atoms with Gasteiger partial charge in [0.05, 0.1) is 17.0 Å². The van der Waals surface area contributed by atoms with Gasteiger partial charge in [0.1, 0.15) is 0 Å². The average Bonchev–Trinajstić information content (AvgIpc) is 2.54. The van der Waals surface area contributed by atoms with Gasteiger partial charge in [-0.1, -0.05) is 36.4 Å². The summed E-state index contributed by atoms with van der Waals surface area (Å²) in [4.78, 5) is 10.7. The van der Waals surface area contributed by atoms with E-state index in [1.807, 2.05) is 0 Å². The zero-order valence-corrected chi connectivity index (χ0v) is 13.7. The molecule has 0 heterocycles. The maximum Gasteiger partial charge on any atom is 0.416 e. The molecule has 5 nitrogen and oxygen atoms in total. The van der Waals surface area contributed by atoms with Crippen molar-refractivity contribution < 1.29 is 26.4 Å². The standard InChI is InChI=1S/C16H15F3N2O3S/c17-16(18,19)13-7-4-8-14(9-13)25(23,24)21(11-15(20)22)10-12-5-2-1-3-6-12/h1-9H,10-11H2,(H2,20,22). The zero-order valence-electron chi connectivity index (χ0n) is 12.9. The average molecular weight is 372 g/mol. The Hall–Kier alpha value is -2.39. The number of primary amides is 1. The summed E-state index contributed by atoms with van der Waals surface area (Å²) in [5.41, 5.74) is 4.57. The van der Waals surface area contributed by atoms with Gasteiger partial charge in [-0.05, 0) is 23.8 Å². The van der Waals surface area contributed by atoms with Crippen LogP contribution in [0.15, 0.2) is 59.5 Å². The molecule has 0 unspecified atom stereocenters. The lowest BCUT2D eigenvalue weighted by molar-refractivity contribution is -0.137. The summed E-state index contributed by atoms with van der Waals surface area (Å²) in [6.07, 6.45) is -4.68. The first-order valence-corrected chi connectivity index (χ1v) is 8.54. The maximum absolute atomic E-state index is 12.8. The molecule has 0 aliphatic heterocycles. The molecule has 0 atom stereocenters. The number of carbonyl (C=O) groups is 1. The highest BCUT2D eigenvalue weighted by molar-refractivity contribution is 7.89. The Labute approximate surface area is 142 Å². The number of benzene rings is 2. The van der Waals surface area contributed by atoms with Crippen LogP contribution < -0.4 is 5.73 Å². The van der Waals surface area contributed by atoms with Crippen LogP contribution in [0.2, 0.25) is 0 Å². The topological polar surface area (TPSA) is 80.5 Å². The molecule has 0 spiro atoms. The van der Waals surface area contributed by atoms with Crippen LogP contribution in [0.25, 0.3) is 0 Å². The van der Waals surface area contributed by atoms with Gasteiger partial charge in [-0.2, -0.15) is 17.5 Å². The van der Waals surface area contributed by atoms with Gasteiger partial charge in [0.15, 0.2) is 0 Å². The molecule has 0 aromatic heterocycles. The molecule has 2 N–H and O–H groups in total. The highest BCUT2D eigenvalue weighted by atomic mass is 32.2. The van der Waals surface area contributed by atoms with Gasteiger partial charge in [-0.25, -0.2) is 8.42 Å². The van der Waals surface area contributed by atoms with E-state index in [1.54, 1.807) is 30.3 Å². The third kappa shape index (κ3) is 4.80. The van der Waals surface area contributed by atoms with Crippen LogP contribution in [0.1, 0.15) is 11.1 Å². The number of halogens is 3. The Morgan fingerprint density at radius 1 is 1.04 bits per heavy atom. The van der Waals surface area contributed by atoms with Crippen LogP contribution in [-0.2, 0) is 27.5 Å². The Kier molecular flexibility index (Phi) is 5.48. The van der Waals surface area contributed by atoms with Crippen molar-refractivity contribution >= 4 is 15.9 Å². The van der Waals surface area contributed by atoms with Gasteiger partial charge in [0.2, 0.25) is 15.9 Å². The van der Waals surface area contributed by atoms with Crippen molar-refractivity contribution in [3.63, 3.8) is 0 Å². The lowest BCUT2D eigenvalue weighted by atomic mass is 10.2. The van der Waals surface area contributed by atoms with Crippen molar-refractivity contribution in [2.75, 3.05) is 6.54 Å². The lowest BCUT2D eigenvalue weighted by Gasteiger charge is -2.21. The lowest BCUT2D eigenvalue weighted by Crippen LogP contribution is -2.38. The molecule has 0 aliphatic rings. The summed E-state index contributed by atoms with van der Waals surface area (Å²) in [6, 6.07) is 11.7. The third-order valence-electron chi connectivity index (χ3n) is 3.33. The fraction of sp³-hybridized carbons (Fsp3) is 0.188. The summed E-state index contributed by atoms with van der Waals surface area (Å²) >= 11 is 0. The molecule has 1 amide bonds. The number of rotatable bonds is 6. The van der Waals surface area contributed by atoms with E-state index in [0.29, 0.717) is 11.6 Å². The minimum atomic E-state index is -4.68. The number of nitrogens with zero attached hydrogens (tertiary/aromatic N) is 1. The minimum absolute atomic E-state index is 0.192. The summed E-state index contributed by atoms with van der Waals surface area (Å²) in [5, 5.41) is 0. The van der Waals surface area contributed by atoms with E-state index in [2.05, 4.69) is 0 Å². The Morgan fingerprint density at radius 3 is 2.24 bits per heavy atom. The van der Waals surface area contributed by atoms with Gasteiger partial charge in [-0.15, -0.1) is 0 Å². The summed E-state index contributed by atoms with van der Waals surface area (Å²) < 4.78 is 64.6. The van der Waals surface area contributed by atoms with Crippen molar-refractivity contribution in [3.05, 3.63) is 65.7 Å². The quantitative estimate of drug-likeness (QED) is 0.845. The van der Waals surface area contributed by atoms with Crippen molar-refractivity contribution in [1.82, 2.24) is 4.31 Å². The summed E-state index contributed by atoms with van der Waals surface area (Å²) in [5.74, 6) is -0.911. The SMILES string of the molecule is NC(=O)CN(Cc1ccccc1)S(=O)(=O)c1cccc(C(F)(F)F)c1. The normalized spacial score (nSPS) is 12.3. The largest absolute Gasteiger partial charge is 0.416 e. The van der Waals surface area contributed by atoms with Crippen LogP contribution in [0.3, 0.4) is 0 Å². The smallest absolute Gasteiger partial charge is 0.369 e. The third-order valence-corrected chi connectivity index (χ3v) is 5.12. The van der Waals surface area contributed by atoms with Crippen molar-refractivity contribution in [1.29, 1.82) is 0 Å². The van der Waals surface area contributed by atoms with Gasteiger partial charge in [0, 0.05) is 6.54 Å². The molecular formula is C16H15F3N2O3S. The highest BCUT2D eigenvalue weighted by Crippen LogP contribution is 2.31. The second-order valence-electron chi connectivity index (χ2n) is 5.25. The van der Waals surface area contributed by atoms with E-state index < -0.39 is 39.1 Å². The number of nitrogens with two attached hydrogens (primary N) is 1. The molecule has 0 fully saturated rings. The van der Waals surface area contributed by atoms with Crippen LogP contribution in [0.5, 0.6) is 0 Å². The monoisotopic (exact) mass is 372 g/mol. The van der Waals surface area contributed by atoms with E-state index in [1.165, 1.54) is 0 Å². The number of carbonyl (C=O) groups excluding carboxylic acids is 1. The number of hydrogen-bond donors (Lipinski definition) is 1. The van der Waals surface area contributed by atoms with Gasteiger partial charge in [-0.3, -0.25) is 4.79 Å².